The summed E-state index contributed by atoms with van der Waals surface area (Å²) in [7, 11) is 0. The van der Waals surface area contributed by atoms with Crippen molar-refractivity contribution in [2.24, 2.45) is 0 Å². The van der Waals surface area contributed by atoms with Crippen molar-refractivity contribution in [1.82, 2.24) is 0 Å². The van der Waals surface area contributed by atoms with Crippen LogP contribution in [0.15, 0.2) is 36.4 Å². The largest absolute Gasteiger partial charge is 0.508 e. The van der Waals surface area contributed by atoms with E-state index in [1.165, 1.54) is 47.9 Å². The molecule has 2 nitrogen and oxygen atoms in total. The predicted octanol–water partition coefficient (Wildman–Crippen LogP) is 5.31. The maximum atomic E-state index is 9.61. The Morgan fingerprint density at radius 3 is 2.45 bits per heavy atom. The fourth-order valence-electron chi connectivity index (χ4n) is 3.16. The summed E-state index contributed by atoms with van der Waals surface area (Å²) in [4.78, 5) is 0. The van der Waals surface area contributed by atoms with Gasteiger partial charge in [-0.05, 0) is 59.4 Å². The van der Waals surface area contributed by atoms with Crippen LogP contribution in [0.2, 0.25) is 0 Å². The Kier molecular flexibility index (Phi) is 4.67. The average molecular weight is 296 g/mol. The zero-order valence-corrected chi connectivity index (χ0v) is 13.3. The maximum absolute atomic E-state index is 9.61. The summed E-state index contributed by atoms with van der Waals surface area (Å²) in [5.74, 6) is 1.31. The molecule has 0 aliphatic heterocycles. The van der Waals surface area contributed by atoms with Crippen molar-refractivity contribution in [2.45, 2.75) is 45.4 Å². The Balaban J connectivity index is 1.60. The molecule has 0 bridgehead atoms. The zero-order chi connectivity index (χ0) is 15.4. The van der Waals surface area contributed by atoms with E-state index >= 15 is 0 Å². The van der Waals surface area contributed by atoms with Crippen LogP contribution in [-0.2, 0) is 6.42 Å². The summed E-state index contributed by atoms with van der Waals surface area (Å²) in [6, 6.07) is 12.0. The average Bonchev–Trinajstić information content (AvgIpc) is 2.87. The van der Waals surface area contributed by atoms with Crippen molar-refractivity contribution < 1.29 is 9.84 Å². The van der Waals surface area contributed by atoms with Crippen LogP contribution >= 0.6 is 0 Å². The van der Waals surface area contributed by atoms with E-state index in [-0.39, 0.29) is 0 Å². The predicted molar refractivity (Wildman–Crippen MR) is 90.6 cm³/mol. The van der Waals surface area contributed by atoms with Crippen molar-refractivity contribution in [3.63, 3.8) is 0 Å². The number of aromatic hydroxyl groups is 1. The molecule has 0 atom stereocenters. The fourth-order valence-corrected chi connectivity index (χ4v) is 3.16. The third-order valence-electron chi connectivity index (χ3n) is 4.35. The molecule has 0 saturated heterocycles. The molecule has 0 saturated carbocycles. The van der Waals surface area contributed by atoms with Crippen LogP contribution < -0.4 is 4.74 Å². The monoisotopic (exact) mass is 296 g/mol. The smallest absolute Gasteiger partial charge is 0.119 e. The van der Waals surface area contributed by atoms with Crippen LogP contribution in [0.25, 0.3) is 11.1 Å². The number of benzene rings is 2. The van der Waals surface area contributed by atoms with Gasteiger partial charge in [-0.25, -0.2) is 0 Å². The van der Waals surface area contributed by atoms with Crippen LogP contribution in [0.3, 0.4) is 0 Å². The molecule has 0 radical (unpaired) electrons. The number of unbranched alkanes of at least 4 members (excludes halogenated alkanes) is 4. The lowest BCUT2D eigenvalue weighted by atomic mass is 10.1. The van der Waals surface area contributed by atoms with Crippen molar-refractivity contribution in [3.05, 3.63) is 47.5 Å². The summed E-state index contributed by atoms with van der Waals surface area (Å²) in [5.41, 5.74) is 5.00. The minimum atomic E-state index is 0.343. The molecule has 22 heavy (non-hydrogen) atoms. The Morgan fingerprint density at radius 2 is 1.64 bits per heavy atom. The lowest BCUT2D eigenvalue weighted by Crippen LogP contribution is -1.97. The van der Waals surface area contributed by atoms with Crippen LogP contribution in [0.4, 0.5) is 0 Å². The van der Waals surface area contributed by atoms with Crippen LogP contribution in [0.1, 0.15) is 50.2 Å². The third-order valence-corrected chi connectivity index (χ3v) is 4.35. The first kappa shape index (κ1) is 15.0. The first-order chi connectivity index (χ1) is 10.8. The van der Waals surface area contributed by atoms with E-state index in [1.54, 1.807) is 6.07 Å². The molecule has 2 heteroatoms. The van der Waals surface area contributed by atoms with Gasteiger partial charge in [0.05, 0.1) is 6.61 Å². The number of phenolic OH excluding ortho intramolecular Hbond substituents is 1. The first-order valence-corrected chi connectivity index (χ1v) is 8.36. The number of fused-ring (bicyclic) bond motifs is 3. The molecular formula is C20H24O2. The van der Waals surface area contributed by atoms with Gasteiger partial charge in [0, 0.05) is 0 Å². The molecule has 0 unspecified atom stereocenters. The van der Waals surface area contributed by atoms with E-state index in [1.807, 2.05) is 12.1 Å². The molecule has 0 aromatic heterocycles. The standard InChI is InChI=1S/C20H24O2/c1-2-3-4-5-6-11-22-18-8-10-20-16(14-18)12-15-13-17(21)7-9-19(15)20/h7-10,13-14,21H,2-6,11-12H2,1H3. The quantitative estimate of drug-likeness (QED) is 0.598. The fraction of sp³-hybridized carbons (Fsp3) is 0.400. The molecule has 0 heterocycles. The van der Waals surface area contributed by atoms with Gasteiger partial charge in [0.15, 0.2) is 0 Å². The second-order valence-electron chi connectivity index (χ2n) is 6.10. The SMILES string of the molecule is CCCCCCCOc1ccc2c(c1)Cc1cc(O)ccc1-2. The van der Waals surface area contributed by atoms with Crippen molar-refractivity contribution >= 4 is 0 Å². The summed E-state index contributed by atoms with van der Waals surface area (Å²) in [6.45, 7) is 3.04. The molecule has 2 aromatic carbocycles. The number of phenols is 1. The lowest BCUT2D eigenvalue weighted by Gasteiger charge is -2.08. The van der Waals surface area contributed by atoms with Gasteiger partial charge in [0.2, 0.25) is 0 Å². The van der Waals surface area contributed by atoms with Gasteiger partial charge in [0.25, 0.3) is 0 Å². The van der Waals surface area contributed by atoms with Gasteiger partial charge in [-0.15, -0.1) is 0 Å². The van der Waals surface area contributed by atoms with E-state index in [4.69, 9.17) is 4.74 Å². The highest BCUT2D eigenvalue weighted by molar-refractivity contribution is 5.78. The summed E-state index contributed by atoms with van der Waals surface area (Å²) in [6.07, 6.45) is 7.18. The first-order valence-electron chi connectivity index (χ1n) is 8.36. The molecular weight excluding hydrogens is 272 g/mol. The normalized spacial score (nSPS) is 12.0. The van der Waals surface area contributed by atoms with E-state index in [0.717, 1.165) is 25.2 Å². The summed E-state index contributed by atoms with van der Waals surface area (Å²) in [5, 5.41) is 9.61. The van der Waals surface area contributed by atoms with Crippen LogP contribution in [-0.4, -0.2) is 11.7 Å². The molecule has 1 aliphatic carbocycles. The highest BCUT2D eigenvalue weighted by atomic mass is 16.5. The van der Waals surface area contributed by atoms with Crippen LogP contribution in [0.5, 0.6) is 11.5 Å². The maximum Gasteiger partial charge on any atom is 0.119 e. The zero-order valence-electron chi connectivity index (χ0n) is 13.3. The molecule has 0 amide bonds. The Labute approximate surface area is 132 Å². The number of ether oxygens (including phenoxy) is 1. The molecule has 1 aliphatic rings. The third kappa shape index (κ3) is 3.27. The molecule has 1 N–H and O–H groups in total. The van der Waals surface area contributed by atoms with E-state index in [2.05, 4.69) is 25.1 Å². The van der Waals surface area contributed by atoms with Gasteiger partial charge in [-0.1, -0.05) is 44.7 Å². The van der Waals surface area contributed by atoms with Gasteiger partial charge < -0.3 is 9.84 Å². The van der Waals surface area contributed by atoms with E-state index in [0.29, 0.717) is 5.75 Å². The number of rotatable bonds is 7. The molecule has 116 valence electrons. The van der Waals surface area contributed by atoms with Gasteiger partial charge in [-0.3, -0.25) is 0 Å². The van der Waals surface area contributed by atoms with Crippen molar-refractivity contribution in [2.75, 3.05) is 6.61 Å². The minimum Gasteiger partial charge on any atom is -0.508 e. The molecule has 3 rings (SSSR count). The van der Waals surface area contributed by atoms with Crippen LogP contribution in [0, 0.1) is 0 Å². The Hall–Kier alpha value is -1.96. The van der Waals surface area contributed by atoms with E-state index in [9.17, 15) is 5.11 Å². The highest BCUT2D eigenvalue weighted by Crippen LogP contribution is 2.39. The molecule has 0 spiro atoms. The van der Waals surface area contributed by atoms with Gasteiger partial charge in [-0.2, -0.15) is 0 Å². The molecule has 2 aromatic rings. The Morgan fingerprint density at radius 1 is 0.909 bits per heavy atom. The molecule has 0 fully saturated rings. The van der Waals surface area contributed by atoms with Crippen molar-refractivity contribution in [3.8, 4) is 22.6 Å². The second-order valence-corrected chi connectivity index (χ2v) is 6.10. The lowest BCUT2D eigenvalue weighted by molar-refractivity contribution is 0.304. The number of hydrogen-bond donors (Lipinski definition) is 1. The number of hydrogen-bond acceptors (Lipinski definition) is 2. The van der Waals surface area contributed by atoms with Crippen molar-refractivity contribution in [1.29, 1.82) is 0 Å². The second kappa shape index (κ2) is 6.87. The van der Waals surface area contributed by atoms with E-state index < -0.39 is 0 Å². The summed E-state index contributed by atoms with van der Waals surface area (Å²) < 4.78 is 5.88. The summed E-state index contributed by atoms with van der Waals surface area (Å²) >= 11 is 0. The van der Waals surface area contributed by atoms with Gasteiger partial charge in [0.1, 0.15) is 11.5 Å². The Bertz CT molecular complexity index is 646. The highest BCUT2D eigenvalue weighted by Gasteiger charge is 2.19. The van der Waals surface area contributed by atoms with Gasteiger partial charge >= 0.3 is 0 Å². The topological polar surface area (TPSA) is 29.5 Å². The minimum absolute atomic E-state index is 0.343.